The van der Waals surface area contributed by atoms with Gasteiger partial charge in [0.1, 0.15) is 0 Å². The summed E-state index contributed by atoms with van der Waals surface area (Å²) < 4.78 is 0. The molecule has 0 fully saturated rings. The summed E-state index contributed by atoms with van der Waals surface area (Å²) in [6.45, 7) is 0.904. The standard InChI is InChI=1S/C7H7N3/c1-2-9-7-6-8-3-5-10(7)4-1/h1-3,5-6H,4H2. The molecule has 0 bridgehead atoms. The number of aliphatic imine (C=N–C) groups is 2. The number of rotatable bonds is 0. The molecule has 0 radical (unpaired) electrons. The van der Waals surface area contributed by atoms with E-state index in [1.165, 1.54) is 0 Å². The maximum Gasteiger partial charge on any atom is 0.151 e. The molecule has 2 rings (SSSR count). The first kappa shape index (κ1) is 5.41. The van der Waals surface area contributed by atoms with Crippen molar-refractivity contribution in [3.63, 3.8) is 0 Å². The van der Waals surface area contributed by atoms with Gasteiger partial charge in [-0.15, -0.1) is 0 Å². The van der Waals surface area contributed by atoms with Gasteiger partial charge in [0, 0.05) is 25.1 Å². The molecule has 0 N–H and O–H groups in total. The van der Waals surface area contributed by atoms with Crippen molar-refractivity contribution in [1.82, 2.24) is 4.90 Å². The fourth-order valence-electron chi connectivity index (χ4n) is 0.931. The number of fused-ring (bicyclic) bond motifs is 1. The molecular formula is C7H7N3. The van der Waals surface area contributed by atoms with Crippen molar-refractivity contribution >= 4 is 12.1 Å². The molecule has 10 heavy (non-hydrogen) atoms. The van der Waals surface area contributed by atoms with E-state index < -0.39 is 0 Å². The molecule has 0 spiro atoms. The van der Waals surface area contributed by atoms with Crippen LogP contribution in [-0.2, 0) is 0 Å². The van der Waals surface area contributed by atoms with Gasteiger partial charge in [0.05, 0.1) is 6.21 Å². The highest BCUT2D eigenvalue weighted by molar-refractivity contribution is 6.30. The van der Waals surface area contributed by atoms with Crippen LogP contribution in [0.1, 0.15) is 0 Å². The molecule has 0 aromatic heterocycles. The van der Waals surface area contributed by atoms with E-state index in [2.05, 4.69) is 9.98 Å². The average Bonchev–Trinajstić information content (AvgIpc) is 2.05. The minimum atomic E-state index is 0.904. The van der Waals surface area contributed by atoms with E-state index >= 15 is 0 Å². The zero-order chi connectivity index (χ0) is 6.81. The quantitative estimate of drug-likeness (QED) is 0.479. The second kappa shape index (κ2) is 2.10. The molecule has 0 atom stereocenters. The molecule has 3 heteroatoms. The second-order valence-electron chi connectivity index (χ2n) is 2.10. The van der Waals surface area contributed by atoms with Crippen molar-refractivity contribution < 1.29 is 0 Å². The molecule has 0 amide bonds. The molecule has 3 nitrogen and oxygen atoms in total. The van der Waals surface area contributed by atoms with E-state index in [1.807, 2.05) is 17.2 Å². The minimum absolute atomic E-state index is 0.904. The first-order valence-electron chi connectivity index (χ1n) is 3.16. The first-order chi connectivity index (χ1) is 4.97. The summed E-state index contributed by atoms with van der Waals surface area (Å²) in [6.07, 6.45) is 9.24. The van der Waals surface area contributed by atoms with Crippen molar-refractivity contribution in [3.8, 4) is 0 Å². The first-order valence-corrected chi connectivity index (χ1v) is 3.16. The van der Waals surface area contributed by atoms with Gasteiger partial charge < -0.3 is 4.90 Å². The molecule has 2 aliphatic rings. The SMILES string of the molecule is C1=CN=C2C=NC=CN2C1. The molecule has 0 aromatic carbocycles. The molecule has 0 saturated heterocycles. The minimum Gasteiger partial charge on any atom is -0.326 e. The third kappa shape index (κ3) is 0.757. The zero-order valence-corrected chi connectivity index (χ0v) is 5.44. The molecule has 2 aliphatic heterocycles. The molecule has 0 aliphatic carbocycles. The lowest BCUT2D eigenvalue weighted by atomic mass is 10.4. The predicted octanol–water partition coefficient (Wildman–Crippen LogP) is 0.770. The Labute approximate surface area is 59.1 Å². The highest BCUT2D eigenvalue weighted by atomic mass is 15.2. The Morgan fingerprint density at radius 2 is 2.40 bits per heavy atom. The van der Waals surface area contributed by atoms with Gasteiger partial charge >= 0.3 is 0 Å². The maximum absolute atomic E-state index is 4.11. The summed E-state index contributed by atoms with van der Waals surface area (Å²) in [5.74, 6) is 0.921. The van der Waals surface area contributed by atoms with E-state index in [-0.39, 0.29) is 0 Å². The van der Waals surface area contributed by atoms with Gasteiger partial charge in [0.25, 0.3) is 0 Å². The summed E-state index contributed by atoms with van der Waals surface area (Å²) in [5, 5.41) is 0. The van der Waals surface area contributed by atoms with E-state index in [1.54, 1.807) is 18.6 Å². The summed E-state index contributed by atoms with van der Waals surface area (Å²) in [4.78, 5) is 10.1. The molecule has 50 valence electrons. The molecular weight excluding hydrogens is 126 g/mol. The van der Waals surface area contributed by atoms with E-state index in [0.29, 0.717) is 0 Å². The fourth-order valence-corrected chi connectivity index (χ4v) is 0.931. The maximum atomic E-state index is 4.11. The van der Waals surface area contributed by atoms with Crippen LogP contribution in [0, 0.1) is 0 Å². The number of hydrogen-bond donors (Lipinski definition) is 0. The van der Waals surface area contributed by atoms with Gasteiger partial charge in [-0.1, -0.05) is 0 Å². The number of hydrogen-bond acceptors (Lipinski definition) is 3. The van der Waals surface area contributed by atoms with Crippen LogP contribution in [0.2, 0.25) is 0 Å². The van der Waals surface area contributed by atoms with Crippen LogP contribution >= 0.6 is 0 Å². The van der Waals surface area contributed by atoms with E-state index in [9.17, 15) is 0 Å². The molecule has 0 saturated carbocycles. The van der Waals surface area contributed by atoms with Gasteiger partial charge in [0.15, 0.2) is 5.84 Å². The Hall–Kier alpha value is -1.38. The Balaban J connectivity index is 2.34. The second-order valence-corrected chi connectivity index (χ2v) is 2.10. The lowest BCUT2D eigenvalue weighted by Crippen LogP contribution is -2.30. The van der Waals surface area contributed by atoms with Crippen LogP contribution in [0.15, 0.2) is 34.7 Å². The summed E-state index contributed by atoms with van der Waals surface area (Å²) in [7, 11) is 0. The van der Waals surface area contributed by atoms with Gasteiger partial charge in [-0.25, -0.2) is 4.99 Å². The Bertz CT molecular complexity index is 248. The van der Waals surface area contributed by atoms with Gasteiger partial charge in [-0.05, 0) is 6.08 Å². The smallest absolute Gasteiger partial charge is 0.151 e. The lowest BCUT2D eigenvalue weighted by Gasteiger charge is -2.21. The third-order valence-electron chi connectivity index (χ3n) is 1.43. The highest BCUT2D eigenvalue weighted by Crippen LogP contribution is 2.03. The monoisotopic (exact) mass is 133 g/mol. The molecule has 2 heterocycles. The highest BCUT2D eigenvalue weighted by Gasteiger charge is 2.08. The van der Waals surface area contributed by atoms with Gasteiger partial charge in [-0.3, -0.25) is 4.99 Å². The van der Waals surface area contributed by atoms with Crippen LogP contribution in [0.25, 0.3) is 0 Å². The predicted molar refractivity (Wildman–Crippen MR) is 40.9 cm³/mol. The summed E-state index contributed by atoms with van der Waals surface area (Å²) in [5.41, 5.74) is 0. The number of nitrogens with zero attached hydrogens (tertiary/aromatic N) is 3. The van der Waals surface area contributed by atoms with Crippen LogP contribution in [0.3, 0.4) is 0 Å². The fraction of sp³-hybridized carbons (Fsp3) is 0.143. The van der Waals surface area contributed by atoms with Crippen LogP contribution in [-0.4, -0.2) is 23.5 Å². The van der Waals surface area contributed by atoms with E-state index in [0.717, 1.165) is 12.4 Å². The Kier molecular flexibility index (Phi) is 1.13. The molecule has 0 aromatic rings. The van der Waals surface area contributed by atoms with Gasteiger partial charge in [0.2, 0.25) is 0 Å². The Morgan fingerprint density at radius 1 is 1.40 bits per heavy atom. The van der Waals surface area contributed by atoms with Crippen LogP contribution in [0.4, 0.5) is 0 Å². The Morgan fingerprint density at radius 3 is 3.30 bits per heavy atom. The third-order valence-corrected chi connectivity index (χ3v) is 1.43. The van der Waals surface area contributed by atoms with Crippen molar-refractivity contribution in [2.45, 2.75) is 0 Å². The summed E-state index contributed by atoms with van der Waals surface area (Å²) >= 11 is 0. The largest absolute Gasteiger partial charge is 0.326 e. The van der Waals surface area contributed by atoms with Crippen molar-refractivity contribution in [3.05, 3.63) is 24.7 Å². The topological polar surface area (TPSA) is 28.0 Å². The normalized spacial score (nSPS) is 20.8. The zero-order valence-electron chi connectivity index (χ0n) is 5.44. The van der Waals surface area contributed by atoms with Crippen LogP contribution < -0.4 is 0 Å². The average molecular weight is 133 g/mol. The van der Waals surface area contributed by atoms with Gasteiger partial charge in [-0.2, -0.15) is 0 Å². The molecule has 0 unspecified atom stereocenters. The summed E-state index contributed by atoms with van der Waals surface area (Å²) in [6, 6.07) is 0. The van der Waals surface area contributed by atoms with Crippen molar-refractivity contribution in [2.24, 2.45) is 9.98 Å². The van der Waals surface area contributed by atoms with Crippen molar-refractivity contribution in [1.29, 1.82) is 0 Å². The lowest BCUT2D eigenvalue weighted by molar-refractivity contribution is 0.617. The van der Waals surface area contributed by atoms with E-state index in [4.69, 9.17) is 0 Å². The van der Waals surface area contributed by atoms with Crippen molar-refractivity contribution in [2.75, 3.05) is 6.54 Å². The number of amidine groups is 1. The van der Waals surface area contributed by atoms with Crippen LogP contribution in [0.5, 0.6) is 0 Å².